The van der Waals surface area contributed by atoms with Crippen LogP contribution in [0.5, 0.6) is 0 Å². The third-order valence-corrected chi connectivity index (χ3v) is 3.49. The average Bonchev–Trinajstić information content (AvgIpc) is 2.49. The van der Waals surface area contributed by atoms with Crippen LogP contribution < -0.4 is 5.32 Å². The first-order chi connectivity index (χ1) is 9.74. The number of nitrogens with one attached hydrogen (secondary N) is 1. The Hall–Kier alpha value is -2.20. The standard InChI is InChI=1S/C16H11BrN2O/c17-15-9-8-12(10-18-15)19-16(20)14-7-3-5-11-4-1-2-6-13(11)14/h1-10H,(H,19,20). The van der Waals surface area contributed by atoms with E-state index in [0.29, 0.717) is 11.3 Å². The number of benzene rings is 2. The lowest BCUT2D eigenvalue weighted by molar-refractivity contribution is 0.102. The molecule has 0 unspecified atom stereocenters. The van der Waals surface area contributed by atoms with Gasteiger partial charge in [0.2, 0.25) is 0 Å². The van der Waals surface area contributed by atoms with E-state index in [0.717, 1.165) is 15.4 Å². The van der Waals surface area contributed by atoms with Crippen LogP contribution in [0.2, 0.25) is 0 Å². The number of amides is 1. The second-order valence-electron chi connectivity index (χ2n) is 4.35. The number of aromatic nitrogens is 1. The molecule has 0 aliphatic carbocycles. The van der Waals surface area contributed by atoms with Crippen molar-refractivity contribution in [1.82, 2.24) is 4.98 Å². The lowest BCUT2D eigenvalue weighted by Crippen LogP contribution is -2.12. The summed E-state index contributed by atoms with van der Waals surface area (Å²) >= 11 is 3.27. The van der Waals surface area contributed by atoms with Gasteiger partial charge in [0, 0.05) is 5.56 Å². The maximum absolute atomic E-state index is 12.4. The van der Waals surface area contributed by atoms with Gasteiger partial charge in [0.25, 0.3) is 5.91 Å². The lowest BCUT2D eigenvalue weighted by atomic mass is 10.0. The number of carbonyl (C=O) groups is 1. The predicted octanol–water partition coefficient (Wildman–Crippen LogP) is 4.25. The van der Waals surface area contributed by atoms with Crippen LogP contribution in [0.3, 0.4) is 0 Å². The van der Waals surface area contributed by atoms with E-state index < -0.39 is 0 Å². The minimum atomic E-state index is -0.133. The van der Waals surface area contributed by atoms with Crippen LogP contribution in [-0.2, 0) is 0 Å². The Kier molecular flexibility index (Phi) is 3.48. The second kappa shape index (κ2) is 5.43. The lowest BCUT2D eigenvalue weighted by Gasteiger charge is -2.07. The van der Waals surface area contributed by atoms with Gasteiger partial charge < -0.3 is 5.32 Å². The smallest absolute Gasteiger partial charge is 0.256 e. The first-order valence-corrected chi connectivity index (χ1v) is 6.94. The van der Waals surface area contributed by atoms with Gasteiger partial charge in [-0.15, -0.1) is 0 Å². The van der Waals surface area contributed by atoms with Gasteiger partial charge in [-0.05, 0) is 44.9 Å². The number of halogens is 1. The third-order valence-electron chi connectivity index (χ3n) is 3.02. The highest BCUT2D eigenvalue weighted by molar-refractivity contribution is 9.10. The highest BCUT2D eigenvalue weighted by Gasteiger charge is 2.09. The molecule has 2 aromatic carbocycles. The average molecular weight is 327 g/mol. The number of nitrogens with zero attached hydrogens (tertiary/aromatic N) is 1. The summed E-state index contributed by atoms with van der Waals surface area (Å²) in [7, 11) is 0. The Balaban J connectivity index is 1.94. The van der Waals surface area contributed by atoms with Crippen LogP contribution >= 0.6 is 15.9 Å². The SMILES string of the molecule is O=C(Nc1ccc(Br)nc1)c1cccc2ccccc12. The van der Waals surface area contributed by atoms with Gasteiger partial charge in [-0.25, -0.2) is 4.98 Å². The van der Waals surface area contributed by atoms with E-state index >= 15 is 0 Å². The zero-order chi connectivity index (χ0) is 13.9. The largest absolute Gasteiger partial charge is 0.321 e. The maximum Gasteiger partial charge on any atom is 0.256 e. The molecule has 0 spiro atoms. The minimum absolute atomic E-state index is 0.133. The molecule has 3 nitrogen and oxygen atoms in total. The van der Waals surface area contributed by atoms with Gasteiger partial charge in [-0.2, -0.15) is 0 Å². The molecule has 0 bridgehead atoms. The zero-order valence-corrected chi connectivity index (χ0v) is 12.1. The van der Waals surface area contributed by atoms with Crippen molar-refractivity contribution in [2.24, 2.45) is 0 Å². The van der Waals surface area contributed by atoms with Crippen LogP contribution in [0.1, 0.15) is 10.4 Å². The fourth-order valence-corrected chi connectivity index (χ4v) is 2.31. The Labute approximate surface area is 124 Å². The normalized spacial score (nSPS) is 10.4. The first-order valence-electron chi connectivity index (χ1n) is 6.15. The number of pyridine rings is 1. The Morgan fingerprint density at radius 3 is 2.60 bits per heavy atom. The van der Waals surface area contributed by atoms with Crippen LogP contribution in [-0.4, -0.2) is 10.9 Å². The molecule has 3 aromatic rings. The van der Waals surface area contributed by atoms with Gasteiger partial charge in [-0.1, -0.05) is 36.4 Å². The molecule has 0 aliphatic rings. The number of fused-ring (bicyclic) bond motifs is 1. The van der Waals surface area contributed by atoms with Crippen molar-refractivity contribution in [2.45, 2.75) is 0 Å². The van der Waals surface area contributed by atoms with E-state index in [1.165, 1.54) is 0 Å². The van der Waals surface area contributed by atoms with Gasteiger partial charge in [0.15, 0.2) is 0 Å². The molecule has 0 atom stereocenters. The van der Waals surface area contributed by atoms with E-state index in [4.69, 9.17) is 0 Å². The molecule has 1 aromatic heterocycles. The quantitative estimate of drug-likeness (QED) is 0.715. The summed E-state index contributed by atoms with van der Waals surface area (Å²) in [5.74, 6) is -0.133. The molecule has 1 amide bonds. The molecule has 1 N–H and O–H groups in total. The molecule has 0 radical (unpaired) electrons. The van der Waals surface area contributed by atoms with Crippen molar-refractivity contribution in [2.75, 3.05) is 5.32 Å². The highest BCUT2D eigenvalue weighted by Crippen LogP contribution is 2.20. The summed E-state index contributed by atoms with van der Waals surface area (Å²) in [6, 6.07) is 17.1. The van der Waals surface area contributed by atoms with Crippen LogP contribution in [0.15, 0.2) is 65.4 Å². The summed E-state index contributed by atoms with van der Waals surface area (Å²) < 4.78 is 0.737. The Bertz CT molecular complexity index is 764. The molecule has 0 fully saturated rings. The Morgan fingerprint density at radius 2 is 1.80 bits per heavy atom. The topological polar surface area (TPSA) is 42.0 Å². The fourth-order valence-electron chi connectivity index (χ4n) is 2.07. The van der Waals surface area contributed by atoms with Crippen molar-refractivity contribution in [3.05, 3.63) is 71.0 Å². The van der Waals surface area contributed by atoms with E-state index in [1.807, 2.05) is 42.5 Å². The second-order valence-corrected chi connectivity index (χ2v) is 5.16. The zero-order valence-electron chi connectivity index (χ0n) is 10.5. The van der Waals surface area contributed by atoms with Crippen molar-refractivity contribution in [3.8, 4) is 0 Å². The van der Waals surface area contributed by atoms with Gasteiger partial charge in [0.1, 0.15) is 4.60 Å². The molecular weight excluding hydrogens is 316 g/mol. The van der Waals surface area contributed by atoms with Crippen molar-refractivity contribution < 1.29 is 4.79 Å². The highest BCUT2D eigenvalue weighted by atomic mass is 79.9. The molecule has 1 heterocycles. The molecular formula is C16H11BrN2O. The van der Waals surface area contributed by atoms with E-state index in [2.05, 4.69) is 26.2 Å². The van der Waals surface area contributed by atoms with Gasteiger partial charge in [-0.3, -0.25) is 4.79 Å². The van der Waals surface area contributed by atoms with Crippen molar-refractivity contribution >= 4 is 38.3 Å². The molecule has 20 heavy (non-hydrogen) atoms. The number of carbonyl (C=O) groups excluding carboxylic acids is 1. The van der Waals surface area contributed by atoms with Crippen molar-refractivity contribution in [3.63, 3.8) is 0 Å². The molecule has 0 saturated carbocycles. The maximum atomic E-state index is 12.4. The summed E-state index contributed by atoms with van der Waals surface area (Å²) in [6.07, 6.45) is 1.62. The third kappa shape index (κ3) is 2.56. The molecule has 3 rings (SSSR count). The van der Waals surface area contributed by atoms with E-state index in [-0.39, 0.29) is 5.91 Å². The fraction of sp³-hybridized carbons (Fsp3) is 0. The molecule has 0 saturated heterocycles. The van der Waals surface area contributed by atoms with E-state index in [1.54, 1.807) is 18.3 Å². The number of hydrogen-bond donors (Lipinski definition) is 1. The monoisotopic (exact) mass is 326 g/mol. The van der Waals surface area contributed by atoms with Crippen LogP contribution in [0.4, 0.5) is 5.69 Å². The summed E-state index contributed by atoms with van der Waals surface area (Å²) in [4.78, 5) is 16.5. The Morgan fingerprint density at radius 1 is 1.00 bits per heavy atom. The summed E-state index contributed by atoms with van der Waals surface area (Å²) in [6.45, 7) is 0. The molecule has 98 valence electrons. The minimum Gasteiger partial charge on any atom is -0.321 e. The molecule has 4 heteroatoms. The number of anilines is 1. The van der Waals surface area contributed by atoms with E-state index in [9.17, 15) is 4.79 Å². The van der Waals surface area contributed by atoms with Crippen LogP contribution in [0, 0.1) is 0 Å². The summed E-state index contributed by atoms with van der Waals surface area (Å²) in [5, 5.41) is 4.85. The number of hydrogen-bond acceptors (Lipinski definition) is 2. The molecule has 0 aliphatic heterocycles. The van der Waals surface area contributed by atoms with Crippen LogP contribution in [0.25, 0.3) is 10.8 Å². The van der Waals surface area contributed by atoms with Gasteiger partial charge >= 0.3 is 0 Å². The predicted molar refractivity (Wildman–Crippen MR) is 83.8 cm³/mol. The summed E-state index contributed by atoms with van der Waals surface area (Å²) in [5.41, 5.74) is 1.33. The first kappa shape index (κ1) is 12.8. The van der Waals surface area contributed by atoms with Crippen molar-refractivity contribution in [1.29, 1.82) is 0 Å². The number of rotatable bonds is 2. The van der Waals surface area contributed by atoms with Gasteiger partial charge in [0.05, 0.1) is 11.9 Å².